The van der Waals surface area contributed by atoms with Crippen molar-refractivity contribution in [2.75, 3.05) is 13.7 Å². The summed E-state index contributed by atoms with van der Waals surface area (Å²) in [4.78, 5) is 4.33. The van der Waals surface area contributed by atoms with Crippen LogP contribution in [0.4, 0.5) is 0 Å². The molecule has 1 aromatic carbocycles. The van der Waals surface area contributed by atoms with Gasteiger partial charge in [-0.05, 0) is 17.7 Å². The monoisotopic (exact) mass is 265 g/mol. The van der Waals surface area contributed by atoms with Crippen LogP contribution >= 0.6 is 11.6 Å². The molecule has 3 nitrogen and oxygen atoms in total. The van der Waals surface area contributed by atoms with E-state index in [2.05, 4.69) is 4.98 Å². The number of benzene rings is 1. The summed E-state index contributed by atoms with van der Waals surface area (Å²) in [5.41, 5.74) is 1.34. The molecule has 0 radical (unpaired) electrons. The Morgan fingerprint density at radius 3 is 2.61 bits per heavy atom. The molecule has 0 amide bonds. The second-order valence-corrected chi connectivity index (χ2v) is 5.27. The van der Waals surface area contributed by atoms with Crippen molar-refractivity contribution in [3.8, 4) is 5.88 Å². The van der Waals surface area contributed by atoms with Crippen LogP contribution in [0.25, 0.3) is 10.9 Å². The first-order chi connectivity index (χ1) is 8.49. The van der Waals surface area contributed by atoms with Crippen LogP contribution in [0.2, 0.25) is 5.02 Å². The van der Waals surface area contributed by atoms with Gasteiger partial charge in [0.1, 0.15) is 0 Å². The molecule has 0 unspecified atom stereocenters. The average molecular weight is 266 g/mol. The zero-order valence-electron chi connectivity index (χ0n) is 10.7. The van der Waals surface area contributed by atoms with E-state index >= 15 is 0 Å². The first-order valence-corrected chi connectivity index (χ1v) is 6.12. The van der Waals surface area contributed by atoms with Gasteiger partial charge in [-0.3, -0.25) is 0 Å². The summed E-state index contributed by atoms with van der Waals surface area (Å²) in [7, 11) is 1.58. The Labute approximate surface area is 111 Å². The number of aromatic nitrogens is 1. The van der Waals surface area contributed by atoms with Gasteiger partial charge in [-0.2, -0.15) is 0 Å². The van der Waals surface area contributed by atoms with Crippen LogP contribution in [0.3, 0.4) is 0 Å². The SMILES string of the molecule is COc1ccc2c(Cl)c(C(C)(C)CO)ccc2n1. The highest BCUT2D eigenvalue weighted by molar-refractivity contribution is 6.36. The third kappa shape index (κ3) is 2.16. The third-order valence-corrected chi connectivity index (χ3v) is 3.52. The molecule has 1 N–H and O–H groups in total. The predicted octanol–water partition coefficient (Wildman–Crippen LogP) is 3.17. The lowest BCUT2D eigenvalue weighted by molar-refractivity contribution is 0.218. The molecule has 0 saturated heterocycles. The Morgan fingerprint density at radius 1 is 1.28 bits per heavy atom. The number of ether oxygens (including phenoxy) is 1. The minimum atomic E-state index is -0.370. The van der Waals surface area contributed by atoms with Gasteiger partial charge in [0.25, 0.3) is 0 Å². The number of rotatable bonds is 3. The first kappa shape index (κ1) is 13.1. The molecule has 0 atom stereocenters. The molecule has 0 spiro atoms. The largest absolute Gasteiger partial charge is 0.481 e. The lowest BCUT2D eigenvalue weighted by Crippen LogP contribution is -2.22. The Morgan fingerprint density at radius 2 is 2.00 bits per heavy atom. The summed E-state index contributed by atoms with van der Waals surface area (Å²) in [6.07, 6.45) is 0. The number of hydrogen-bond acceptors (Lipinski definition) is 3. The highest BCUT2D eigenvalue weighted by atomic mass is 35.5. The quantitative estimate of drug-likeness (QED) is 0.927. The van der Waals surface area contributed by atoms with Crippen molar-refractivity contribution in [2.45, 2.75) is 19.3 Å². The Balaban J connectivity index is 2.65. The average Bonchev–Trinajstić information content (AvgIpc) is 2.38. The summed E-state index contributed by atoms with van der Waals surface area (Å²) in [5, 5.41) is 10.9. The van der Waals surface area contributed by atoms with Crippen molar-refractivity contribution in [1.82, 2.24) is 4.98 Å². The molecule has 4 heteroatoms. The van der Waals surface area contributed by atoms with Crippen LogP contribution in [0.1, 0.15) is 19.4 Å². The second kappa shape index (κ2) is 4.75. The summed E-state index contributed by atoms with van der Waals surface area (Å²) < 4.78 is 5.09. The molecule has 0 bridgehead atoms. The second-order valence-electron chi connectivity index (χ2n) is 4.89. The number of fused-ring (bicyclic) bond motifs is 1. The molecule has 0 saturated carbocycles. The van der Waals surface area contributed by atoms with Gasteiger partial charge in [0.2, 0.25) is 5.88 Å². The van der Waals surface area contributed by atoms with Gasteiger partial charge in [-0.25, -0.2) is 4.98 Å². The minimum Gasteiger partial charge on any atom is -0.481 e. The Hall–Kier alpha value is -1.32. The molecule has 2 aromatic rings. The van der Waals surface area contributed by atoms with Gasteiger partial charge < -0.3 is 9.84 Å². The van der Waals surface area contributed by atoms with E-state index in [-0.39, 0.29) is 12.0 Å². The van der Waals surface area contributed by atoms with Crippen LogP contribution in [0.5, 0.6) is 5.88 Å². The summed E-state index contributed by atoms with van der Waals surface area (Å²) in [6.45, 7) is 3.95. The van der Waals surface area contributed by atoms with Crippen molar-refractivity contribution in [3.63, 3.8) is 0 Å². The summed E-state index contributed by atoms with van der Waals surface area (Å²) in [6, 6.07) is 7.48. The topological polar surface area (TPSA) is 42.4 Å². The van der Waals surface area contributed by atoms with Gasteiger partial charge in [0.15, 0.2) is 0 Å². The number of aliphatic hydroxyl groups excluding tert-OH is 1. The molecule has 96 valence electrons. The lowest BCUT2D eigenvalue weighted by Gasteiger charge is -2.24. The van der Waals surface area contributed by atoms with Gasteiger partial charge in [0.05, 0.1) is 24.3 Å². The minimum absolute atomic E-state index is 0.0435. The molecule has 0 aliphatic rings. The standard InChI is InChI=1S/C14H16ClNO2/c1-14(2,8-17)10-5-6-11-9(13(10)15)4-7-12(16-11)18-3/h4-7,17H,8H2,1-3H3. The summed E-state index contributed by atoms with van der Waals surface area (Å²) in [5.74, 6) is 0.563. The number of pyridine rings is 1. The zero-order valence-corrected chi connectivity index (χ0v) is 11.5. The highest BCUT2D eigenvalue weighted by Gasteiger charge is 2.23. The maximum absolute atomic E-state index is 9.43. The first-order valence-electron chi connectivity index (χ1n) is 5.74. The van der Waals surface area contributed by atoms with Crippen molar-refractivity contribution in [2.24, 2.45) is 0 Å². The molecule has 1 heterocycles. The lowest BCUT2D eigenvalue weighted by atomic mass is 9.85. The summed E-state index contributed by atoms with van der Waals surface area (Å²) >= 11 is 6.41. The van der Waals surface area contributed by atoms with Gasteiger partial charge in [-0.1, -0.05) is 31.5 Å². The number of aliphatic hydroxyl groups is 1. The molecule has 0 aliphatic carbocycles. The van der Waals surface area contributed by atoms with Gasteiger partial charge in [0, 0.05) is 16.9 Å². The smallest absolute Gasteiger partial charge is 0.213 e. The van der Waals surface area contributed by atoms with Crippen LogP contribution in [0.15, 0.2) is 24.3 Å². The van der Waals surface area contributed by atoms with Crippen LogP contribution in [-0.2, 0) is 5.41 Å². The van der Waals surface area contributed by atoms with E-state index in [1.165, 1.54) is 0 Å². The molecule has 0 aliphatic heterocycles. The fraction of sp³-hybridized carbons (Fsp3) is 0.357. The third-order valence-electron chi connectivity index (χ3n) is 3.11. The zero-order chi connectivity index (χ0) is 13.3. The maximum Gasteiger partial charge on any atom is 0.213 e. The number of nitrogens with zero attached hydrogens (tertiary/aromatic N) is 1. The molecule has 18 heavy (non-hydrogen) atoms. The predicted molar refractivity (Wildman–Crippen MR) is 73.4 cm³/mol. The number of hydrogen-bond donors (Lipinski definition) is 1. The highest BCUT2D eigenvalue weighted by Crippen LogP contribution is 2.35. The van der Waals surface area contributed by atoms with Crippen LogP contribution < -0.4 is 4.74 Å². The van der Waals surface area contributed by atoms with Crippen LogP contribution in [0, 0.1) is 0 Å². The van der Waals surface area contributed by atoms with Crippen LogP contribution in [-0.4, -0.2) is 23.8 Å². The fourth-order valence-corrected chi connectivity index (χ4v) is 2.35. The molecular weight excluding hydrogens is 250 g/mol. The van der Waals surface area contributed by atoms with E-state index in [1.54, 1.807) is 13.2 Å². The Kier molecular flexibility index (Phi) is 3.46. The molecule has 2 rings (SSSR count). The maximum atomic E-state index is 9.43. The van der Waals surface area contributed by atoms with E-state index in [0.717, 1.165) is 16.5 Å². The van der Waals surface area contributed by atoms with Gasteiger partial charge >= 0.3 is 0 Å². The van der Waals surface area contributed by atoms with Crippen molar-refractivity contribution >= 4 is 22.5 Å². The van der Waals surface area contributed by atoms with E-state index < -0.39 is 0 Å². The molecule has 1 aromatic heterocycles. The Bertz CT molecular complexity index is 581. The van der Waals surface area contributed by atoms with E-state index in [4.69, 9.17) is 16.3 Å². The van der Waals surface area contributed by atoms with Crippen molar-refractivity contribution in [1.29, 1.82) is 0 Å². The number of halogens is 1. The molecule has 0 fully saturated rings. The van der Waals surface area contributed by atoms with E-state index in [1.807, 2.05) is 32.0 Å². The van der Waals surface area contributed by atoms with Crippen molar-refractivity contribution < 1.29 is 9.84 Å². The van der Waals surface area contributed by atoms with Gasteiger partial charge in [-0.15, -0.1) is 0 Å². The van der Waals surface area contributed by atoms with Crippen molar-refractivity contribution in [3.05, 3.63) is 34.9 Å². The normalized spacial score (nSPS) is 11.8. The fourth-order valence-electron chi connectivity index (χ4n) is 1.87. The van der Waals surface area contributed by atoms with E-state index in [9.17, 15) is 5.11 Å². The molecular formula is C14H16ClNO2. The number of methoxy groups -OCH3 is 1. The van der Waals surface area contributed by atoms with E-state index in [0.29, 0.717) is 10.9 Å².